The molecule has 1 aliphatic carbocycles. The summed E-state index contributed by atoms with van der Waals surface area (Å²) in [6.45, 7) is 3.62. The summed E-state index contributed by atoms with van der Waals surface area (Å²) in [6.07, 6.45) is 2.49. The molecule has 1 fully saturated rings. The molecule has 16 heavy (non-hydrogen) atoms. The minimum atomic E-state index is -0.447. The molecule has 1 aromatic rings. The van der Waals surface area contributed by atoms with Crippen LogP contribution < -0.4 is 5.32 Å². The molecule has 4 nitrogen and oxygen atoms in total. The SMILES string of the molecule is CC1(CNCc2ccc(O)c(O)c2O)CC1. The molecule has 1 aromatic carbocycles. The quantitative estimate of drug-likeness (QED) is 0.586. The van der Waals surface area contributed by atoms with Gasteiger partial charge < -0.3 is 20.6 Å². The van der Waals surface area contributed by atoms with Crippen LogP contribution in [0, 0.1) is 5.41 Å². The minimum absolute atomic E-state index is 0.242. The predicted octanol–water partition coefficient (Wildman–Crippen LogP) is 1.69. The maximum Gasteiger partial charge on any atom is 0.200 e. The number of hydrogen-bond acceptors (Lipinski definition) is 4. The van der Waals surface area contributed by atoms with E-state index in [9.17, 15) is 10.2 Å². The van der Waals surface area contributed by atoms with E-state index < -0.39 is 5.75 Å². The van der Waals surface area contributed by atoms with Crippen molar-refractivity contribution in [2.24, 2.45) is 5.41 Å². The van der Waals surface area contributed by atoms with Gasteiger partial charge in [-0.3, -0.25) is 0 Å². The van der Waals surface area contributed by atoms with Crippen molar-refractivity contribution in [3.8, 4) is 17.2 Å². The predicted molar refractivity (Wildman–Crippen MR) is 60.5 cm³/mol. The normalized spacial score (nSPS) is 17.3. The third-order valence-electron chi connectivity index (χ3n) is 3.18. The molecular weight excluding hydrogens is 206 g/mol. The number of rotatable bonds is 4. The Labute approximate surface area is 94.5 Å². The summed E-state index contributed by atoms with van der Waals surface area (Å²) in [7, 11) is 0. The fraction of sp³-hybridized carbons (Fsp3) is 0.500. The lowest BCUT2D eigenvalue weighted by atomic mass is 10.1. The lowest BCUT2D eigenvalue weighted by Gasteiger charge is -2.11. The molecule has 4 heteroatoms. The molecule has 0 aliphatic heterocycles. The maximum atomic E-state index is 9.57. The molecule has 4 N–H and O–H groups in total. The summed E-state index contributed by atoms with van der Waals surface area (Å²) in [5.41, 5.74) is 1.01. The van der Waals surface area contributed by atoms with Crippen LogP contribution in [0.1, 0.15) is 25.3 Å². The van der Waals surface area contributed by atoms with Gasteiger partial charge in [0.1, 0.15) is 0 Å². The molecule has 1 saturated carbocycles. The van der Waals surface area contributed by atoms with Crippen molar-refractivity contribution in [3.63, 3.8) is 0 Å². The zero-order valence-corrected chi connectivity index (χ0v) is 9.32. The topological polar surface area (TPSA) is 72.7 Å². The number of nitrogens with one attached hydrogen (secondary N) is 1. The van der Waals surface area contributed by atoms with E-state index in [1.807, 2.05) is 0 Å². The van der Waals surface area contributed by atoms with E-state index >= 15 is 0 Å². The molecule has 0 unspecified atom stereocenters. The number of hydrogen-bond donors (Lipinski definition) is 4. The molecule has 0 atom stereocenters. The van der Waals surface area contributed by atoms with E-state index in [1.165, 1.54) is 18.9 Å². The Morgan fingerprint density at radius 1 is 1.19 bits per heavy atom. The first-order valence-electron chi connectivity index (χ1n) is 5.45. The van der Waals surface area contributed by atoms with Gasteiger partial charge in [-0.15, -0.1) is 0 Å². The van der Waals surface area contributed by atoms with Crippen LogP contribution in [0.5, 0.6) is 17.2 Å². The Balaban J connectivity index is 1.96. The standard InChI is InChI=1S/C12H17NO3/c1-12(4-5-12)7-13-6-8-2-3-9(14)11(16)10(8)15/h2-3,13-16H,4-7H2,1H3. The summed E-state index contributed by atoms with van der Waals surface area (Å²) in [5.74, 6) is -0.985. The van der Waals surface area contributed by atoms with E-state index in [2.05, 4.69) is 12.2 Å². The van der Waals surface area contributed by atoms with Crippen molar-refractivity contribution in [1.82, 2.24) is 5.32 Å². The summed E-state index contributed by atoms with van der Waals surface area (Å²) in [6, 6.07) is 2.98. The molecule has 0 aromatic heterocycles. The van der Waals surface area contributed by atoms with E-state index in [0.29, 0.717) is 17.5 Å². The van der Waals surface area contributed by atoms with Gasteiger partial charge in [0.15, 0.2) is 11.5 Å². The summed E-state index contributed by atoms with van der Waals surface area (Å²) in [4.78, 5) is 0. The summed E-state index contributed by atoms with van der Waals surface area (Å²) < 4.78 is 0. The van der Waals surface area contributed by atoms with Crippen molar-refractivity contribution in [2.45, 2.75) is 26.3 Å². The highest BCUT2D eigenvalue weighted by Gasteiger charge is 2.36. The first-order chi connectivity index (χ1) is 7.52. The fourth-order valence-electron chi connectivity index (χ4n) is 1.64. The van der Waals surface area contributed by atoms with Crippen LogP contribution in [0.4, 0.5) is 0 Å². The number of benzene rings is 1. The van der Waals surface area contributed by atoms with Crippen LogP contribution in [0.3, 0.4) is 0 Å². The summed E-state index contributed by atoms with van der Waals surface area (Å²) >= 11 is 0. The Hall–Kier alpha value is -1.42. The molecule has 0 radical (unpaired) electrons. The number of phenolic OH excluding ortho intramolecular Hbond substituents is 3. The minimum Gasteiger partial charge on any atom is -0.504 e. The number of aromatic hydroxyl groups is 3. The van der Waals surface area contributed by atoms with E-state index in [-0.39, 0.29) is 11.5 Å². The molecule has 2 rings (SSSR count). The van der Waals surface area contributed by atoms with Crippen LogP contribution in [-0.4, -0.2) is 21.9 Å². The fourth-order valence-corrected chi connectivity index (χ4v) is 1.64. The van der Waals surface area contributed by atoms with Gasteiger partial charge in [-0.2, -0.15) is 0 Å². The van der Waals surface area contributed by atoms with Gasteiger partial charge in [-0.25, -0.2) is 0 Å². The second-order valence-corrected chi connectivity index (χ2v) is 4.86. The zero-order valence-electron chi connectivity index (χ0n) is 9.32. The molecule has 0 spiro atoms. The molecule has 0 saturated heterocycles. The van der Waals surface area contributed by atoms with Crippen LogP contribution in [0.2, 0.25) is 0 Å². The van der Waals surface area contributed by atoms with Gasteiger partial charge in [0.25, 0.3) is 0 Å². The Morgan fingerprint density at radius 2 is 1.88 bits per heavy atom. The highest BCUT2D eigenvalue weighted by molar-refractivity contribution is 5.52. The molecule has 0 amide bonds. The Morgan fingerprint density at radius 3 is 2.50 bits per heavy atom. The molecule has 1 aliphatic rings. The summed E-state index contributed by atoms with van der Waals surface area (Å²) in [5, 5.41) is 31.3. The highest BCUT2D eigenvalue weighted by Crippen LogP contribution is 2.44. The second-order valence-electron chi connectivity index (χ2n) is 4.86. The van der Waals surface area contributed by atoms with Gasteiger partial charge in [0.05, 0.1) is 0 Å². The lowest BCUT2D eigenvalue weighted by molar-refractivity contribution is 0.363. The first-order valence-corrected chi connectivity index (χ1v) is 5.45. The number of phenols is 3. The average Bonchev–Trinajstić information content (AvgIpc) is 2.97. The van der Waals surface area contributed by atoms with Crippen LogP contribution >= 0.6 is 0 Å². The third kappa shape index (κ3) is 2.22. The van der Waals surface area contributed by atoms with Crippen molar-refractivity contribution in [2.75, 3.05) is 6.54 Å². The second kappa shape index (κ2) is 3.87. The lowest BCUT2D eigenvalue weighted by Crippen LogP contribution is -2.21. The maximum absolute atomic E-state index is 9.57. The molecule has 88 valence electrons. The Bertz CT molecular complexity index is 399. The Kier molecular flexibility index (Phi) is 2.68. The first kappa shape index (κ1) is 11.1. The van der Waals surface area contributed by atoms with Crippen LogP contribution in [0.15, 0.2) is 12.1 Å². The van der Waals surface area contributed by atoms with Crippen molar-refractivity contribution in [3.05, 3.63) is 17.7 Å². The van der Waals surface area contributed by atoms with E-state index in [1.54, 1.807) is 6.07 Å². The molecular formula is C12H17NO3. The van der Waals surface area contributed by atoms with Gasteiger partial charge in [0.2, 0.25) is 5.75 Å². The molecule has 0 heterocycles. The smallest absolute Gasteiger partial charge is 0.200 e. The largest absolute Gasteiger partial charge is 0.504 e. The van der Waals surface area contributed by atoms with Gasteiger partial charge in [-0.1, -0.05) is 13.0 Å². The van der Waals surface area contributed by atoms with Crippen molar-refractivity contribution >= 4 is 0 Å². The van der Waals surface area contributed by atoms with Crippen LogP contribution in [0.25, 0.3) is 0 Å². The molecule has 0 bridgehead atoms. The average molecular weight is 223 g/mol. The third-order valence-corrected chi connectivity index (χ3v) is 3.18. The van der Waals surface area contributed by atoms with Gasteiger partial charge >= 0.3 is 0 Å². The monoisotopic (exact) mass is 223 g/mol. The van der Waals surface area contributed by atoms with Crippen LogP contribution in [-0.2, 0) is 6.54 Å². The van der Waals surface area contributed by atoms with Gasteiger partial charge in [0, 0.05) is 18.7 Å². The van der Waals surface area contributed by atoms with E-state index in [4.69, 9.17) is 5.11 Å². The highest BCUT2D eigenvalue weighted by atomic mass is 16.3. The zero-order chi connectivity index (χ0) is 11.8. The van der Waals surface area contributed by atoms with Gasteiger partial charge in [-0.05, 0) is 24.3 Å². The van der Waals surface area contributed by atoms with E-state index in [0.717, 1.165) is 6.54 Å². The van der Waals surface area contributed by atoms with Crippen molar-refractivity contribution < 1.29 is 15.3 Å². The van der Waals surface area contributed by atoms with Crippen molar-refractivity contribution in [1.29, 1.82) is 0 Å².